The molecule has 0 amide bonds. The van der Waals surface area contributed by atoms with Crippen LogP contribution in [0.1, 0.15) is 6.92 Å². The standard InChI is InChI=1S/C10H18ClN5/c1-8(12-2)7-16-10(14-15(3)4)6-5-9(11)13-16/h5-6,8,12H,7H2,1-4H3/b14-10-/t8-/m0/s1. The molecule has 0 aliphatic rings. The van der Waals surface area contributed by atoms with E-state index in [1.54, 1.807) is 15.8 Å². The first-order valence-corrected chi connectivity index (χ1v) is 5.53. The lowest BCUT2D eigenvalue weighted by Gasteiger charge is -2.13. The van der Waals surface area contributed by atoms with Crippen LogP contribution >= 0.6 is 11.6 Å². The molecule has 5 nitrogen and oxygen atoms in total. The smallest absolute Gasteiger partial charge is 0.169 e. The molecule has 0 unspecified atom stereocenters. The van der Waals surface area contributed by atoms with Crippen molar-refractivity contribution in [3.05, 3.63) is 22.8 Å². The predicted molar refractivity (Wildman–Crippen MR) is 65.0 cm³/mol. The Morgan fingerprint density at radius 2 is 2.25 bits per heavy atom. The lowest BCUT2D eigenvalue weighted by Crippen LogP contribution is -2.34. The monoisotopic (exact) mass is 243 g/mol. The second-order valence-corrected chi connectivity index (χ2v) is 4.22. The van der Waals surface area contributed by atoms with Crippen LogP contribution in [-0.2, 0) is 6.54 Å². The van der Waals surface area contributed by atoms with Crippen LogP contribution in [0, 0.1) is 0 Å². The minimum atomic E-state index is 0.312. The number of nitrogens with zero attached hydrogens (tertiary/aromatic N) is 4. The van der Waals surface area contributed by atoms with Gasteiger partial charge in [0.25, 0.3) is 0 Å². The Morgan fingerprint density at radius 1 is 1.56 bits per heavy atom. The summed E-state index contributed by atoms with van der Waals surface area (Å²) in [6.45, 7) is 2.80. The Hall–Kier alpha value is -1.07. The van der Waals surface area contributed by atoms with E-state index in [-0.39, 0.29) is 0 Å². The van der Waals surface area contributed by atoms with Gasteiger partial charge in [-0.3, -0.25) is 0 Å². The van der Waals surface area contributed by atoms with Gasteiger partial charge < -0.3 is 10.3 Å². The quantitative estimate of drug-likeness (QED) is 0.785. The van der Waals surface area contributed by atoms with Gasteiger partial charge in [0, 0.05) is 20.1 Å². The van der Waals surface area contributed by atoms with E-state index in [9.17, 15) is 0 Å². The first-order chi connectivity index (χ1) is 7.52. The van der Waals surface area contributed by atoms with Crippen LogP contribution in [-0.4, -0.2) is 42.0 Å². The molecule has 0 aliphatic heterocycles. The number of nitrogens with one attached hydrogen (secondary N) is 1. The molecule has 90 valence electrons. The molecule has 0 fully saturated rings. The van der Waals surface area contributed by atoms with E-state index >= 15 is 0 Å². The summed E-state index contributed by atoms with van der Waals surface area (Å²) in [6, 6.07) is 3.91. The highest BCUT2D eigenvalue weighted by molar-refractivity contribution is 6.29. The summed E-state index contributed by atoms with van der Waals surface area (Å²) in [5, 5.41) is 13.9. The minimum Gasteiger partial charge on any atom is -0.315 e. The Balaban J connectivity index is 3.08. The average Bonchev–Trinajstić information content (AvgIpc) is 2.21. The molecule has 1 N–H and O–H groups in total. The van der Waals surface area contributed by atoms with Crippen LogP contribution in [0.4, 0.5) is 0 Å². The van der Waals surface area contributed by atoms with Gasteiger partial charge in [0.05, 0.1) is 6.54 Å². The normalized spacial score (nSPS) is 13.9. The number of rotatable bonds is 4. The van der Waals surface area contributed by atoms with Gasteiger partial charge in [-0.05, 0) is 26.1 Å². The highest BCUT2D eigenvalue weighted by atomic mass is 35.5. The molecule has 0 saturated heterocycles. The molecule has 1 atom stereocenters. The van der Waals surface area contributed by atoms with Crippen molar-refractivity contribution < 1.29 is 0 Å². The van der Waals surface area contributed by atoms with Gasteiger partial charge in [0.1, 0.15) is 5.15 Å². The van der Waals surface area contributed by atoms with Gasteiger partial charge in [-0.15, -0.1) is 0 Å². The van der Waals surface area contributed by atoms with Crippen molar-refractivity contribution in [1.82, 2.24) is 20.1 Å². The van der Waals surface area contributed by atoms with Gasteiger partial charge in [0.15, 0.2) is 5.49 Å². The molecule has 1 heterocycles. The van der Waals surface area contributed by atoms with Crippen molar-refractivity contribution in [3.63, 3.8) is 0 Å². The van der Waals surface area contributed by atoms with Crippen molar-refractivity contribution in [2.24, 2.45) is 5.10 Å². The largest absolute Gasteiger partial charge is 0.315 e. The summed E-state index contributed by atoms with van der Waals surface area (Å²) < 4.78 is 1.80. The van der Waals surface area contributed by atoms with Gasteiger partial charge in [-0.25, -0.2) is 4.68 Å². The first-order valence-electron chi connectivity index (χ1n) is 5.16. The Kier molecular flexibility index (Phi) is 4.76. The maximum atomic E-state index is 5.87. The fraction of sp³-hybridized carbons (Fsp3) is 0.600. The summed E-state index contributed by atoms with van der Waals surface area (Å²) in [4.78, 5) is 0. The third kappa shape index (κ3) is 3.83. The summed E-state index contributed by atoms with van der Waals surface area (Å²) in [5.41, 5.74) is 0.788. The maximum Gasteiger partial charge on any atom is 0.169 e. The average molecular weight is 244 g/mol. The van der Waals surface area contributed by atoms with E-state index in [0.29, 0.717) is 11.2 Å². The second-order valence-electron chi connectivity index (χ2n) is 3.83. The van der Waals surface area contributed by atoms with Gasteiger partial charge in [-0.1, -0.05) is 11.6 Å². The van der Waals surface area contributed by atoms with Crippen LogP contribution in [0.3, 0.4) is 0 Å². The van der Waals surface area contributed by atoms with Crippen LogP contribution in [0.5, 0.6) is 0 Å². The second kappa shape index (κ2) is 5.86. The third-order valence-corrected chi connectivity index (χ3v) is 2.29. The third-order valence-electron chi connectivity index (χ3n) is 2.09. The Morgan fingerprint density at radius 3 is 2.81 bits per heavy atom. The molecule has 1 aromatic rings. The summed E-state index contributed by atoms with van der Waals surface area (Å²) >= 11 is 5.87. The van der Waals surface area contributed by atoms with E-state index in [4.69, 9.17) is 11.6 Å². The number of hydrogen-bond donors (Lipinski definition) is 1. The van der Waals surface area contributed by atoms with E-state index in [1.165, 1.54) is 0 Å². The Labute approximate surface area is 101 Å². The van der Waals surface area contributed by atoms with E-state index < -0.39 is 0 Å². The van der Waals surface area contributed by atoms with Crippen molar-refractivity contribution in [2.45, 2.75) is 19.5 Å². The summed E-state index contributed by atoms with van der Waals surface area (Å²) in [6.07, 6.45) is 0. The molecule has 1 rings (SSSR count). The molecule has 0 bridgehead atoms. The van der Waals surface area contributed by atoms with E-state index in [1.807, 2.05) is 27.2 Å². The molecular formula is C10H18ClN5. The maximum absolute atomic E-state index is 5.87. The Bertz CT molecular complexity index is 398. The lowest BCUT2D eigenvalue weighted by molar-refractivity contribution is 0.390. The first kappa shape index (κ1) is 13.0. The fourth-order valence-corrected chi connectivity index (χ4v) is 1.36. The van der Waals surface area contributed by atoms with Gasteiger partial charge in [0.2, 0.25) is 0 Å². The van der Waals surface area contributed by atoms with Crippen LogP contribution < -0.4 is 10.8 Å². The fourth-order valence-electron chi connectivity index (χ4n) is 1.20. The molecule has 6 heteroatoms. The molecular weight excluding hydrogens is 226 g/mol. The number of halogens is 1. The molecule has 16 heavy (non-hydrogen) atoms. The predicted octanol–water partition coefficient (Wildman–Crippen LogP) is 0.522. The number of aromatic nitrogens is 2. The van der Waals surface area contributed by atoms with Crippen molar-refractivity contribution in [1.29, 1.82) is 0 Å². The van der Waals surface area contributed by atoms with Crippen LogP contribution in [0.25, 0.3) is 0 Å². The highest BCUT2D eigenvalue weighted by Crippen LogP contribution is 1.98. The molecule has 0 aromatic carbocycles. The zero-order valence-electron chi connectivity index (χ0n) is 10.1. The van der Waals surface area contributed by atoms with E-state index in [0.717, 1.165) is 12.0 Å². The van der Waals surface area contributed by atoms with Crippen molar-refractivity contribution in [2.75, 3.05) is 21.1 Å². The summed E-state index contributed by atoms with van der Waals surface area (Å²) in [5.74, 6) is 0. The minimum absolute atomic E-state index is 0.312. The lowest BCUT2D eigenvalue weighted by atomic mass is 10.3. The molecule has 0 aliphatic carbocycles. The van der Waals surface area contributed by atoms with Crippen molar-refractivity contribution in [3.8, 4) is 0 Å². The van der Waals surface area contributed by atoms with Crippen molar-refractivity contribution >= 4 is 11.6 Å². The van der Waals surface area contributed by atoms with Crippen LogP contribution in [0.2, 0.25) is 5.15 Å². The zero-order valence-corrected chi connectivity index (χ0v) is 10.9. The number of hydrogen-bond acceptors (Lipinski definition) is 4. The van der Waals surface area contributed by atoms with Gasteiger partial charge in [-0.2, -0.15) is 10.2 Å². The number of likely N-dealkylation sites (N-methyl/N-ethyl adjacent to an activating group) is 1. The summed E-state index contributed by atoms with van der Waals surface area (Å²) in [7, 11) is 5.67. The molecule has 0 radical (unpaired) electrons. The zero-order chi connectivity index (χ0) is 12.1. The van der Waals surface area contributed by atoms with Gasteiger partial charge >= 0.3 is 0 Å². The van der Waals surface area contributed by atoms with E-state index in [2.05, 4.69) is 22.4 Å². The molecule has 0 spiro atoms. The van der Waals surface area contributed by atoms with Crippen LogP contribution in [0.15, 0.2) is 17.2 Å². The molecule has 0 saturated carbocycles. The molecule has 1 aromatic heterocycles. The highest BCUT2D eigenvalue weighted by Gasteiger charge is 2.03. The SMILES string of the molecule is CN[C@@H](C)Cn1nc(Cl)cc/c1=N/N(C)C. The topological polar surface area (TPSA) is 45.5 Å².